The van der Waals surface area contributed by atoms with Gasteiger partial charge in [0.05, 0.1) is 0 Å². The van der Waals surface area contributed by atoms with Gasteiger partial charge in [0.25, 0.3) is 0 Å². The highest BCUT2D eigenvalue weighted by atomic mass is 79.9. The van der Waals surface area contributed by atoms with Gasteiger partial charge >= 0.3 is 0 Å². The lowest BCUT2D eigenvalue weighted by atomic mass is 10.1. The Labute approximate surface area is 117 Å². The first kappa shape index (κ1) is 13.2. The van der Waals surface area contributed by atoms with E-state index < -0.39 is 0 Å². The molecule has 18 heavy (non-hydrogen) atoms. The molecule has 1 N–H and O–H groups in total. The minimum absolute atomic E-state index is 0.308. The summed E-state index contributed by atoms with van der Waals surface area (Å²) in [6.07, 6.45) is 3.71. The number of aromatic nitrogens is 1. The Kier molecular flexibility index (Phi) is 4.50. The molecule has 1 aromatic carbocycles. The van der Waals surface area contributed by atoms with E-state index in [4.69, 9.17) is 0 Å². The largest absolute Gasteiger partial charge is 0.306 e. The van der Waals surface area contributed by atoms with E-state index in [-0.39, 0.29) is 0 Å². The number of aryl methyl sites for hydroxylation is 1. The van der Waals surface area contributed by atoms with Crippen molar-refractivity contribution in [3.63, 3.8) is 0 Å². The predicted octanol–water partition coefficient (Wildman–Crippen LogP) is 4.00. The fraction of sp³-hybridized carbons (Fsp3) is 0.267. The van der Waals surface area contributed by atoms with Crippen LogP contribution in [0.1, 0.15) is 29.7 Å². The Hall–Kier alpha value is -1.19. The van der Waals surface area contributed by atoms with Crippen molar-refractivity contribution >= 4 is 15.9 Å². The van der Waals surface area contributed by atoms with Gasteiger partial charge in [-0.1, -0.05) is 34.1 Å². The van der Waals surface area contributed by atoms with E-state index in [2.05, 4.69) is 64.3 Å². The van der Waals surface area contributed by atoms with Crippen molar-refractivity contribution in [1.29, 1.82) is 0 Å². The van der Waals surface area contributed by atoms with Crippen LogP contribution in [0.25, 0.3) is 0 Å². The molecule has 0 saturated carbocycles. The van der Waals surface area contributed by atoms with Crippen LogP contribution in [0.5, 0.6) is 0 Å². The lowest BCUT2D eigenvalue weighted by Gasteiger charge is -2.14. The minimum Gasteiger partial charge on any atom is -0.306 e. The molecule has 0 radical (unpaired) electrons. The van der Waals surface area contributed by atoms with E-state index in [1.807, 2.05) is 12.3 Å². The SMILES string of the molecule is Cc1cc(CN[C@@H](C)c2cccnc2)ccc1Br. The van der Waals surface area contributed by atoms with E-state index in [1.54, 1.807) is 6.20 Å². The van der Waals surface area contributed by atoms with Crippen molar-refractivity contribution < 1.29 is 0 Å². The van der Waals surface area contributed by atoms with E-state index in [0.29, 0.717) is 6.04 Å². The average Bonchev–Trinajstić information content (AvgIpc) is 2.41. The Morgan fingerprint density at radius 2 is 2.17 bits per heavy atom. The highest BCUT2D eigenvalue weighted by molar-refractivity contribution is 9.10. The molecule has 2 nitrogen and oxygen atoms in total. The number of hydrogen-bond donors (Lipinski definition) is 1. The topological polar surface area (TPSA) is 24.9 Å². The van der Waals surface area contributed by atoms with Crippen LogP contribution < -0.4 is 5.32 Å². The average molecular weight is 305 g/mol. The standard InChI is InChI=1S/C15H17BrN2/c1-11-8-13(5-6-15(11)16)9-18-12(2)14-4-3-7-17-10-14/h3-8,10,12,18H,9H2,1-2H3/t12-/m0/s1. The van der Waals surface area contributed by atoms with Crippen molar-refractivity contribution in [2.75, 3.05) is 0 Å². The summed E-state index contributed by atoms with van der Waals surface area (Å²) in [6, 6.07) is 10.8. The molecule has 0 amide bonds. The maximum Gasteiger partial charge on any atom is 0.0315 e. The molecule has 1 atom stereocenters. The van der Waals surface area contributed by atoms with Crippen molar-refractivity contribution in [3.05, 3.63) is 63.9 Å². The maximum atomic E-state index is 4.14. The van der Waals surface area contributed by atoms with E-state index >= 15 is 0 Å². The lowest BCUT2D eigenvalue weighted by Crippen LogP contribution is -2.18. The van der Waals surface area contributed by atoms with Gasteiger partial charge in [0.1, 0.15) is 0 Å². The number of pyridine rings is 1. The second-order valence-corrected chi connectivity index (χ2v) is 5.33. The van der Waals surface area contributed by atoms with Crippen LogP contribution >= 0.6 is 15.9 Å². The van der Waals surface area contributed by atoms with E-state index in [1.165, 1.54) is 16.7 Å². The normalized spacial score (nSPS) is 12.4. The van der Waals surface area contributed by atoms with Crippen LogP contribution in [0.2, 0.25) is 0 Å². The summed E-state index contributed by atoms with van der Waals surface area (Å²) >= 11 is 3.52. The minimum atomic E-state index is 0.308. The third kappa shape index (κ3) is 3.40. The summed E-state index contributed by atoms with van der Waals surface area (Å²) in [5.41, 5.74) is 3.78. The first-order valence-corrected chi connectivity index (χ1v) is 6.84. The van der Waals surface area contributed by atoms with Gasteiger partial charge in [-0.05, 0) is 42.7 Å². The van der Waals surface area contributed by atoms with Crippen LogP contribution in [0, 0.1) is 6.92 Å². The highest BCUT2D eigenvalue weighted by Crippen LogP contribution is 2.18. The Bertz CT molecular complexity index is 511. The molecule has 0 bridgehead atoms. The zero-order valence-corrected chi connectivity index (χ0v) is 12.2. The van der Waals surface area contributed by atoms with Gasteiger partial charge in [0.2, 0.25) is 0 Å². The fourth-order valence-corrected chi connectivity index (χ4v) is 2.08. The molecule has 1 aromatic heterocycles. The zero-order chi connectivity index (χ0) is 13.0. The molecule has 0 aliphatic heterocycles. The second-order valence-electron chi connectivity index (χ2n) is 4.47. The lowest BCUT2D eigenvalue weighted by molar-refractivity contribution is 0.573. The number of halogens is 1. The van der Waals surface area contributed by atoms with Gasteiger partial charge in [-0.3, -0.25) is 4.98 Å². The number of nitrogens with one attached hydrogen (secondary N) is 1. The molecule has 94 valence electrons. The summed E-state index contributed by atoms with van der Waals surface area (Å²) in [6.45, 7) is 5.13. The molecule has 0 aliphatic carbocycles. The number of hydrogen-bond acceptors (Lipinski definition) is 2. The summed E-state index contributed by atoms with van der Waals surface area (Å²) < 4.78 is 1.16. The van der Waals surface area contributed by atoms with Crippen LogP contribution in [0.15, 0.2) is 47.2 Å². The molecule has 0 spiro atoms. The monoisotopic (exact) mass is 304 g/mol. The van der Waals surface area contributed by atoms with Gasteiger partial charge < -0.3 is 5.32 Å². The molecule has 0 fully saturated rings. The number of rotatable bonds is 4. The smallest absolute Gasteiger partial charge is 0.0315 e. The first-order chi connectivity index (χ1) is 8.66. The maximum absolute atomic E-state index is 4.14. The summed E-state index contributed by atoms with van der Waals surface area (Å²) in [7, 11) is 0. The zero-order valence-electron chi connectivity index (χ0n) is 10.7. The van der Waals surface area contributed by atoms with Crippen LogP contribution in [0.3, 0.4) is 0 Å². The summed E-state index contributed by atoms with van der Waals surface area (Å²) in [5.74, 6) is 0. The Morgan fingerprint density at radius 1 is 1.33 bits per heavy atom. The molecule has 1 heterocycles. The third-order valence-corrected chi connectivity index (χ3v) is 3.91. The molecule has 0 saturated heterocycles. The Balaban J connectivity index is 1.97. The second kappa shape index (κ2) is 6.12. The van der Waals surface area contributed by atoms with Gasteiger partial charge in [-0.15, -0.1) is 0 Å². The highest BCUT2D eigenvalue weighted by Gasteiger charge is 2.04. The van der Waals surface area contributed by atoms with Crippen LogP contribution in [-0.4, -0.2) is 4.98 Å². The molecule has 2 rings (SSSR count). The number of nitrogens with zero attached hydrogens (tertiary/aromatic N) is 1. The molecular weight excluding hydrogens is 288 g/mol. The molecular formula is C15H17BrN2. The van der Waals surface area contributed by atoms with Crippen LogP contribution in [-0.2, 0) is 6.54 Å². The quantitative estimate of drug-likeness (QED) is 0.923. The number of benzene rings is 1. The Morgan fingerprint density at radius 3 is 2.83 bits per heavy atom. The molecule has 0 aliphatic rings. The molecule has 3 heteroatoms. The van der Waals surface area contributed by atoms with Crippen molar-refractivity contribution in [2.45, 2.75) is 26.4 Å². The van der Waals surface area contributed by atoms with Crippen LogP contribution in [0.4, 0.5) is 0 Å². The molecule has 0 unspecified atom stereocenters. The summed E-state index contributed by atoms with van der Waals surface area (Å²) in [4.78, 5) is 4.14. The molecule has 2 aromatic rings. The van der Waals surface area contributed by atoms with E-state index in [0.717, 1.165) is 11.0 Å². The van der Waals surface area contributed by atoms with Crippen molar-refractivity contribution in [3.8, 4) is 0 Å². The third-order valence-electron chi connectivity index (χ3n) is 3.02. The van der Waals surface area contributed by atoms with Crippen molar-refractivity contribution in [2.24, 2.45) is 0 Å². The van der Waals surface area contributed by atoms with Gasteiger partial charge in [0, 0.05) is 29.5 Å². The summed E-state index contributed by atoms with van der Waals surface area (Å²) in [5, 5.41) is 3.51. The van der Waals surface area contributed by atoms with Crippen molar-refractivity contribution in [1.82, 2.24) is 10.3 Å². The predicted molar refractivity (Wildman–Crippen MR) is 78.4 cm³/mol. The van der Waals surface area contributed by atoms with Gasteiger partial charge in [0.15, 0.2) is 0 Å². The van der Waals surface area contributed by atoms with Gasteiger partial charge in [-0.2, -0.15) is 0 Å². The first-order valence-electron chi connectivity index (χ1n) is 6.05. The fourth-order valence-electron chi connectivity index (χ4n) is 1.84. The van der Waals surface area contributed by atoms with Gasteiger partial charge in [-0.25, -0.2) is 0 Å². The van der Waals surface area contributed by atoms with E-state index in [9.17, 15) is 0 Å².